The maximum absolute atomic E-state index is 12.8. The van der Waals surface area contributed by atoms with Gasteiger partial charge in [0.25, 0.3) is 0 Å². The molecule has 1 aliphatic heterocycles. The molecule has 1 aromatic carbocycles. The second-order valence-electron chi connectivity index (χ2n) is 7.14. The van der Waals surface area contributed by atoms with Crippen molar-refractivity contribution in [2.45, 2.75) is 51.0 Å². The maximum atomic E-state index is 12.8. The molecule has 2 aromatic rings. The molecule has 0 amide bonds. The normalized spacial score (nSPS) is 17.3. The fraction of sp³-hybridized carbons (Fsp3) is 0.526. The standard InChI is InChI=1S/C19H28N4O2S/c1-14-7-9-17(10-8-14)18(23-11-5-4-6-12-23)13-20-26(24,25)19-15(2)21-22-16(19)3/h7-10,18,20H,4-6,11-13H2,1-3H3,(H,21,22). The van der Waals surface area contributed by atoms with E-state index in [2.05, 4.69) is 51.0 Å². The third-order valence-corrected chi connectivity index (χ3v) is 6.78. The third kappa shape index (κ3) is 4.16. The van der Waals surface area contributed by atoms with Crippen LogP contribution in [-0.4, -0.2) is 43.1 Å². The molecular formula is C19H28N4O2S. The number of nitrogens with one attached hydrogen (secondary N) is 2. The van der Waals surface area contributed by atoms with Crippen molar-refractivity contribution in [2.75, 3.05) is 19.6 Å². The van der Waals surface area contributed by atoms with Crippen LogP contribution in [0.1, 0.15) is 47.8 Å². The van der Waals surface area contributed by atoms with Gasteiger partial charge < -0.3 is 0 Å². The van der Waals surface area contributed by atoms with E-state index in [0.717, 1.165) is 31.5 Å². The van der Waals surface area contributed by atoms with E-state index in [1.165, 1.54) is 12.0 Å². The Balaban J connectivity index is 1.82. The number of H-pyrrole nitrogens is 1. The summed E-state index contributed by atoms with van der Waals surface area (Å²) in [5.74, 6) is 0. The number of likely N-dealkylation sites (tertiary alicyclic amines) is 1. The Morgan fingerprint density at radius 2 is 1.77 bits per heavy atom. The predicted octanol–water partition coefficient (Wildman–Crippen LogP) is 2.84. The molecule has 142 valence electrons. The summed E-state index contributed by atoms with van der Waals surface area (Å²) in [6.07, 6.45) is 3.57. The van der Waals surface area contributed by atoms with E-state index in [-0.39, 0.29) is 10.9 Å². The first-order chi connectivity index (χ1) is 12.4. The van der Waals surface area contributed by atoms with Crippen LogP contribution in [-0.2, 0) is 10.0 Å². The number of sulfonamides is 1. The largest absolute Gasteiger partial charge is 0.295 e. The van der Waals surface area contributed by atoms with Gasteiger partial charge in [0.05, 0.1) is 11.4 Å². The van der Waals surface area contributed by atoms with E-state index in [4.69, 9.17) is 0 Å². The first kappa shape index (κ1) is 19.1. The number of hydrogen-bond donors (Lipinski definition) is 2. The van der Waals surface area contributed by atoms with Gasteiger partial charge in [-0.15, -0.1) is 0 Å². The molecule has 1 aromatic heterocycles. The van der Waals surface area contributed by atoms with E-state index in [9.17, 15) is 8.42 Å². The summed E-state index contributed by atoms with van der Waals surface area (Å²) < 4.78 is 28.5. The molecule has 1 aliphatic rings. The SMILES string of the molecule is Cc1ccc(C(CNS(=O)(=O)c2c(C)n[nH]c2C)N2CCCCC2)cc1. The molecule has 7 heteroatoms. The van der Waals surface area contributed by atoms with Crippen LogP contribution in [0.15, 0.2) is 29.2 Å². The summed E-state index contributed by atoms with van der Waals surface area (Å²) in [5, 5.41) is 6.77. The van der Waals surface area contributed by atoms with Gasteiger partial charge >= 0.3 is 0 Å². The number of piperidine rings is 1. The zero-order valence-electron chi connectivity index (χ0n) is 15.7. The predicted molar refractivity (Wildman–Crippen MR) is 103 cm³/mol. The number of rotatable bonds is 6. The highest BCUT2D eigenvalue weighted by atomic mass is 32.2. The van der Waals surface area contributed by atoms with Crippen molar-refractivity contribution >= 4 is 10.0 Å². The molecule has 3 rings (SSSR count). The molecule has 0 aliphatic carbocycles. The van der Waals surface area contributed by atoms with E-state index < -0.39 is 10.0 Å². The minimum Gasteiger partial charge on any atom is -0.295 e. The van der Waals surface area contributed by atoms with E-state index in [1.807, 2.05) is 0 Å². The van der Waals surface area contributed by atoms with Gasteiger partial charge in [-0.1, -0.05) is 36.2 Å². The molecule has 1 atom stereocenters. The van der Waals surface area contributed by atoms with Crippen molar-refractivity contribution in [3.05, 3.63) is 46.8 Å². The van der Waals surface area contributed by atoms with Crippen molar-refractivity contribution in [1.82, 2.24) is 19.8 Å². The number of aryl methyl sites for hydroxylation is 3. The molecular weight excluding hydrogens is 348 g/mol. The summed E-state index contributed by atoms with van der Waals surface area (Å²) in [6, 6.07) is 8.43. The lowest BCUT2D eigenvalue weighted by molar-refractivity contribution is 0.164. The van der Waals surface area contributed by atoms with Gasteiger partial charge in [0, 0.05) is 12.6 Å². The lowest BCUT2D eigenvalue weighted by Crippen LogP contribution is -2.40. The zero-order valence-corrected chi connectivity index (χ0v) is 16.6. The van der Waals surface area contributed by atoms with Gasteiger partial charge in [-0.05, 0) is 52.3 Å². The lowest BCUT2D eigenvalue weighted by atomic mass is 10.0. The zero-order chi connectivity index (χ0) is 18.7. The van der Waals surface area contributed by atoms with Gasteiger partial charge in [0.15, 0.2) is 0 Å². The summed E-state index contributed by atoms with van der Waals surface area (Å²) in [5.41, 5.74) is 3.43. The van der Waals surface area contributed by atoms with Crippen LogP contribution in [0, 0.1) is 20.8 Å². The first-order valence-electron chi connectivity index (χ1n) is 9.20. The second kappa shape index (κ2) is 7.90. The molecule has 0 saturated carbocycles. The average Bonchev–Trinajstić information content (AvgIpc) is 2.97. The van der Waals surface area contributed by atoms with E-state index in [0.29, 0.717) is 17.9 Å². The van der Waals surface area contributed by atoms with Crippen molar-refractivity contribution in [3.63, 3.8) is 0 Å². The summed E-state index contributed by atoms with van der Waals surface area (Å²) in [4.78, 5) is 2.66. The fourth-order valence-corrected chi connectivity index (χ4v) is 5.08. The fourth-order valence-electron chi connectivity index (χ4n) is 3.67. The number of aromatic amines is 1. The van der Waals surface area contributed by atoms with Crippen molar-refractivity contribution < 1.29 is 8.42 Å². The molecule has 0 radical (unpaired) electrons. The molecule has 2 N–H and O–H groups in total. The number of nitrogens with zero attached hydrogens (tertiary/aromatic N) is 2. The van der Waals surface area contributed by atoms with Crippen LogP contribution in [0.3, 0.4) is 0 Å². The van der Waals surface area contributed by atoms with E-state index in [1.54, 1.807) is 13.8 Å². The van der Waals surface area contributed by atoms with Crippen LogP contribution >= 0.6 is 0 Å². The Morgan fingerprint density at radius 1 is 1.12 bits per heavy atom. The second-order valence-corrected chi connectivity index (χ2v) is 8.84. The van der Waals surface area contributed by atoms with Gasteiger partial charge in [-0.3, -0.25) is 10.00 Å². The Morgan fingerprint density at radius 3 is 2.35 bits per heavy atom. The lowest BCUT2D eigenvalue weighted by Gasteiger charge is -2.35. The third-order valence-electron chi connectivity index (χ3n) is 5.09. The quantitative estimate of drug-likeness (QED) is 0.813. The summed E-state index contributed by atoms with van der Waals surface area (Å²) >= 11 is 0. The molecule has 1 unspecified atom stereocenters. The van der Waals surface area contributed by atoms with Gasteiger partial charge in [-0.2, -0.15) is 5.10 Å². The smallest absolute Gasteiger partial charge is 0.244 e. The molecule has 1 fully saturated rings. The highest BCUT2D eigenvalue weighted by Gasteiger charge is 2.27. The molecule has 0 spiro atoms. The molecule has 26 heavy (non-hydrogen) atoms. The van der Waals surface area contributed by atoms with Crippen LogP contribution in [0.5, 0.6) is 0 Å². The van der Waals surface area contributed by atoms with Crippen LogP contribution < -0.4 is 4.72 Å². The summed E-state index contributed by atoms with van der Waals surface area (Å²) in [6.45, 7) is 7.87. The Bertz CT molecular complexity index is 817. The molecule has 1 saturated heterocycles. The maximum Gasteiger partial charge on any atom is 0.244 e. The van der Waals surface area contributed by atoms with Gasteiger partial charge in [0.2, 0.25) is 10.0 Å². The summed E-state index contributed by atoms with van der Waals surface area (Å²) in [7, 11) is -3.60. The van der Waals surface area contributed by atoms with Crippen molar-refractivity contribution in [3.8, 4) is 0 Å². The Hall–Kier alpha value is -1.70. The van der Waals surface area contributed by atoms with Crippen LogP contribution in [0.2, 0.25) is 0 Å². The van der Waals surface area contributed by atoms with Gasteiger partial charge in [-0.25, -0.2) is 13.1 Å². The average molecular weight is 377 g/mol. The number of hydrogen-bond acceptors (Lipinski definition) is 4. The highest BCUT2D eigenvalue weighted by molar-refractivity contribution is 7.89. The van der Waals surface area contributed by atoms with Crippen molar-refractivity contribution in [1.29, 1.82) is 0 Å². The van der Waals surface area contributed by atoms with Gasteiger partial charge in [0.1, 0.15) is 4.90 Å². The Kier molecular flexibility index (Phi) is 5.79. The minimum absolute atomic E-state index is 0.0400. The van der Waals surface area contributed by atoms with E-state index >= 15 is 0 Å². The van der Waals surface area contributed by atoms with Crippen molar-refractivity contribution in [2.24, 2.45) is 0 Å². The monoisotopic (exact) mass is 376 g/mol. The molecule has 0 bridgehead atoms. The molecule has 2 heterocycles. The van der Waals surface area contributed by atoms with Crippen LogP contribution in [0.4, 0.5) is 0 Å². The minimum atomic E-state index is -3.60. The van der Waals surface area contributed by atoms with Crippen LogP contribution in [0.25, 0.3) is 0 Å². The topological polar surface area (TPSA) is 78.1 Å². The Labute approximate surface area is 156 Å². The molecule has 6 nitrogen and oxygen atoms in total. The first-order valence-corrected chi connectivity index (χ1v) is 10.7. The number of aromatic nitrogens is 2. The highest BCUT2D eigenvalue weighted by Crippen LogP contribution is 2.25. The number of benzene rings is 1.